The number of aliphatic hydroxyl groups excluding tert-OH is 1. The van der Waals surface area contributed by atoms with Gasteiger partial charge in [0, 0.05) is 19.1 Å². The van der Waals surface area contributed by atoms with Crippen LogP contribution in [0, 0.1) is 5.92 Å². The lowest BCUT2D eigenvalue weighted by Crippen LogP contribution is -2.45. The largest absolute Gasteiger partial charge is 0.395 e. The van der Waals surface area contributed by atoms with Crippen LogP contribution in [-0.4, -0.2) is 48.2 Å². The summed E-state index contributed by atoms with van der Waals surface area (Å²) in [5.41, 5.74) is 0. The molecule has 1 amide bonds. The van der Waals surface area contributed by atoms with E-state index in [-0.39, 0.29) is 30.8 Å². The van der Waals surface area contributed by atoms with Gasteiger partial charge >= 0.3 is 0 Å². The summed E-state index contributed by atoms with van der Waals surface area (Å²) in [6.45, 7) is 2.45. The Hall–Kier alpha value is -0.320. The van der Waals surface area contributed by atoms with Gasteiger partial charge in [0.25, 0.3) is 0 Å². The van der Waals surface area contributed by atoms with E-state index in [1.807, 2.05) is 4.90 Å². The minimum Gasteiger partial charge on any atom is -0.395 e. The van der Waals surface area contributed by atoms with Crippen molar-refractivity contribution in [3.8, 4) is 0 Å². The zero-order valence-electron chi connectivity index (χ0n) is 9.52. The third-order valence-corrected chi connectivity index (χ3v) is 3.26. The number of hydrogen-bond acceptors (Lipinski definition) is 3. The van der Waals surface area contributed by atoms with E-state index < -0.39 is 0 Å². The maximum Gasteiger partial charge on any atom is 0.227 e. The number of carbonyl (C=O) groups is 1. The Balaban J connectivity index is 0.00000128. The Morgan fingerprint density at radius 3 is 2.62 bits per heavy atom. The minimum absolute atomic E-state index is 0. The van der Waals surface area contributed by atoms with Crippen LogP contribution in [0.1, 0.15) is 25.7 Å². The van der Waals surface area contributed by atoms with Gasteiger partial charge < -0.3 is 15.3 Å². The third kappa shape index (κ3) is 3.34. The molecule has 1 aliphatic carbocycles. The van der Waals surface area contributed by atoms with Crippen molar-refractivity contribution < 1.29 is 9.90 Å². The highest BCUT2D eigenvalue weighted by atomic mass is 35.5. The van der Waals surface area contributed by atoms with Crippen molar-refractivity contribution >= 4 is 18.3 Å². The van der Waals surface area contributed by atoms with E-state index in [0.717, 1.165) is 38.8 Å². The Kier molecular flexibility index (Phi) is 5.52. The van der Waals surface area contributed by atoms with Crippen molar-refractivity contribution in [1.82, 2.24) is 10.2 Å². The molecule has 16 heavy (non-hydrogen) atoms. The van der Waals surface area contributed by atoms with Gasteiger partial charge in [0.2, 0.25) is 5.91 Å². The van der Waals surface area contributed by atoms with Gasteiger partial charge in [-0.25, -0.2) is 0 Å². The van der Waals surface area contributed by atoms with Gasteiger partial charge in [-0.1, -0.05) is 0 Å². The summed E-state index contributed by atoms with van der Waals surface area (Å²) in [5.74, 6) is 0.393. The predicted octanol–water partition coefficient (Wildman–Crippen LogP) is 0.391. The zero-order valence-corrected chi connectivity index (χ0v) is 10.3. The molecule has 1 aliphatic heterocycles. The van der Waals surface area contributed by atoms with Gasteiger partial charge in [0.1, 0.15) is 0 Å². The van der Waals surface area contributed by atoms with Crippen LogP contribution >= 0.6 is 12.4 Å². The Morgan fingerprint density at radius 2 is 2.12 bits per heavy atom. The number of rotatable bonds is 4. The van der Waals surface area contributed by atoms with E-state index in [0.29, 0.717) is 12.6 Å². The molecule has 0 aromatic rings. The van der Waals surface area contributed by atoms with Crippen LogP contribution in [-0.2, 0) is 4.79 Å². The first-order chi connectivity index (χ1) is 7.33. The predicted molar refractivity (Wildman–Crippen MR) is 64.7 cm³/mol. The third-order valence-electron chi connectivity index (χ3n) is 3.26. The van der Waals surface area contributed by atoms with Crippen molar-refractivity contribution in [1.29, 1.82) is 0 Å². The summed E-state index contributed by atoms with van der Waals surface area (Å²) in [5, 5.41) is 12.2. The summed E-state index contributed by atoms with van der Waals surface area (Å²) in [7, 11) is 0. The SMILES string of the molecule is Cl.O=C([C@@H]1CCCNC1)N(CCO)C1CC1. The van der Waals surface area contributed by atoms with Crippen molar-refractivity contribution in [3.05, 3.63) is 0 Å². The molecular weight excluding hydrogens is 228 g/mol. The first kappa shape index (κ1) is 13.7. The topological polar surface area (TPSA) is 52.6 Å². The molecule has 0 aromatic carbocycles. The highest BCUT2D eigenvalue weighted by Crippen LogP contribution is 2.28. The van der Waals surface area contributed by atoms with Crippen molar-refractivity contribution in [2.24, 2.45) is 5.92 Å². The summed E-state index contributed by atoms with van der Waals surface area (Å²) in [6.07, 6.45) is 4.33. The second-order valence-corrected chi connectivity index (χ2v) is 4.53. The Morgan fingerprint density at radius 1 is 1.38 bits per heavy atom. The van der Waals surface area contributed by atoms with E-state index in [4.69, 9.17) is 5.11 Å². The smallest absolute Gasteiger partial charge is 0.227 e. The molecule has 0 unspecified atom stereocenters. The number of piperidine rings is 1. The molecule has 2 N–H and O–H groups in total. The Bertz CT molecular complexity index is 228. The molecule has 2 rings (SSSR count). The fourth-order valence-electron chi connectivity index (χ4n) is 2.26. The normalized spacial score (nSPS) is 24.7. The molecule has 4 nitrogen and oxygen atoms in total. The first-order valence-electron chi connectivity index (χ1n) is 5.95. The molecule has 0 aromatic heterocycles. The molecular formula is C11H21ClN2O2. The van der Waals surface area contributed by atoms with E-state index in [9.17, 15) is 4.79 Å². The van der Waals surface area contributed by atoms with E-state index >= 15 is 0 Å². The van der Waals surface area contributed by atoms with Gasteiger partial charge in [0.15, 0.2) is 0 Å². The maximum absolute atomic E-state index is 12.1. The number of amides is 1. The number of nitrogens with one attached hydrogen (secondary N) is 1. The van der Waals surface area contributed by atoms with Crippen LogP contribution in [0.3, 0.4) is 0 Å². The zero-order chi connectivity index (χ0) is 10.7. The highest BCUT2D eigenvalue weighted by molar-refractivity contribution is 5.85. The van der Waals surface area contributed by atoms with Gasteiger partial charge in [-0.05, 0) is 32.2 Å². The van der Waals surface area contributed by atoms with Gasteiger partial charge in [-0.3, -0.25) is 4.79 Å². The molecule has 0 spiro atoms. The van der Waals surface area contributed by atoms with Crippen LogP contribution in [0.4, 0.5) is 0 Å². The number of aliphatic hydroxyl groups is 1. The second-order valence-electron chi connectivity index (χ2n) is 4.53. The van der Waals surface area contributed by atoms with Crippen molar-refractivity contribution in [2.45, 2.75) is 31.7 Å². The molecule has 2 aliphatic rings. The number of nitrogens with zero attached hydrogens (tertiary/aromatic N) is 1. The average Bonchev–Trinajstić information content (AvgIpc) is 3.10. The lowest BCUT2D eigenvalue weighted by atomic mass is 9.98. The second kappa shape index (κ2) is 6.42. The number of halogens is 1. The lowest BCUT2D eigenvalue weighted by Gasteiger charge is -2.29. The molecule has 0 bridgehead atoms. The molecule has 1 saturated heterocycles. The van der Waals surface area contributed by atoms with Crippen LogP contribution in [0.25, 0.3) is 0 Å². The summed E-state index contributed by atoms with van der Waals surface area (Å²) in [4.78, 5) is 14.0. The average molecular weight is 249 g/mol. The van der Waals surface area contributed by atoms with Crippen LogP contribution in [0.2, 0.25) is 0 Å². The van der Waals surface area contributed by atoms with E-state index in [1.165, 1.54) is 0 Å². The molecule has 2 fully saturated rings. The monoisotopic (exact) mass is 248 g/mol. The fraction of sp³-hybridized carbons (Fsp3) is 0.909. The molecule has 94 valence electrons. The number of hydrogen-bond donors (Lipinski definition) is 2. The quantitative estimate of drug-likeness (QED) is 0.757. The minimum atomic E-state index is 0. The summed E-state index contributed by atoms with van der Waals surface area (Å²) in [6, 6.07) is 0.423. The summed E-state index contributed by atoms with van der Waals surface area (Å²) >= 11 is 0. The van der Waals surface area contributed by atoms with Crippen molar-refractivity contribution in [3.63, 3.8) is 0 Å². The molecule has 0 radical (unpaired) electrons. The standard InChI is InChI=1S/C11H20N2O2.ClH/c14-7-6-13(10-3-4-10)11(15)9-2-1-5-12-8-9;/h9-10,12,14H,1-8H2;1H/t9-;/m1./s1. The maximum atomic E-state index is 12.1. The Labute approximate surface area is 103 Å². The molecule has 1 heterocycles. The molecule has 5 heteroatoms. The van der Waals surface area contributed by atoms with E-state index in [1.54, 1.807) is 0 Å². The van der Waals surface area contributed by atoms with Gasteiger partial charge in [0.05, 0.1) is 12.5 Å². The van der Waals surface area contributed by atoms with Crippen LogP contribution in [0.5, 0.6) is 0 Å². The first-order valence-corrected chi connectivity index (χ1v) is 5.95. The molecule has 1 saturated carbocycles. The van der Waals surface area contributed by atoms with Gasteiger partial charge in [-0.15, -0.1) is 12.4 Å². The van der Waals surface area contributed by atoms with Crippen LogP contribution in [0.15, 0.2) is 0 Å². The number of carbonyl (C=O) groups excluding carboxylic acids is 1. The van der Waals surface area contributed by atoms with Crippen molar-refractivity contribution in [2.75, 3.05) is 26.2 Å². The fourth-order valence-corrected chi connectivity index (χ4v) is 2.26. The van der Waals surface area contributed by atoms with E-state index in [2.05, 4.69) is 5.32 Å². The highest BCUT2D eigenvalue weighted by Gasteiger charge is 2.35. The van der Waals surface area contributed by atoms with Gasteiger partial charge in [-0.2, -0.15) is 0 Å². The lowest BCUT2D eigenvalue weighted by molar-refractivity contribution is -0.137. The summed E-state index contributed by atoms with van der Waals surface area (Å²) < 4.78 is 0. The van der Waals surface area contributed by atoms with Crippen LogP contribution < -0.4 is 5.32 Å². The molecule has 1 atom stereocenters.